The summed E-state index contributed by atoms with van der Waals surface area (Å²) >= 11 is 1.31. The molecule has 2 unspecified atom stereocenters. The number of anilines is 1. The number of hydrogen-bond acceptors (Lipinski definition) is 9. The number of ether oxygens (including phenoxy) is 1. The molecule has 6 heterocycles. The van der Waals surface area contributed by atoms with Gasteiger partial charge in [0.25, 0.3) is 18.2 Å². The van der Waals surface area contributed by atoms with Crippen molar-refractivity contribution in [1.82, 2.24) is 25.1 Å². The van der Waals surface area contributed by atoms with Gasteiger partial charge in [-0.05, 0) is 90.9 Å². The summed E-state index contributed by atoms with van der Waals surface area (Å²) in [5.41, 5.74) is 5.00. The summed E-state index contributed by atoms with van der Waals surface area (Å²) in [5.74, 6) is -0.262. The average Bonchev–Trinajstić information content (AvgIpc) is 3.98. The molecule has 2 aromatic carbocycles. The number of benzene rings is 2. The van der Waals surface area contributed by atoms with Gasteiger partial charge in [-0.1, -0.05) is 24.3 Å². The molecule has 0 spiro atoms. The zero-order chi connectivity index (χ0) is 35.7. The van der Waals surface area contributed by atoms with Crippen LogP contribution in [0.4, 0.5) is 19.0 Å². The Kier molecular flexibility index (Phi) is 7.86. The summed E-state index contributed by atoms with van der Waals surface area (Å²) in [6, 6.07) is 14.8. The van der Waals surface area contributed by atoms with Crippen molar-refractivity contribution in [1.29, 1.82) is 0 Å². The average molecular weight is 725 g/mol. The Hall–Kier alpha value is -5.50. The van der Waals surface area contributed by atoms with E-state index in [1.165, 1.54) is 29.5 Å². The van der Waals surface area contributed by atoms with Crippen LogP contribution in [-0.2, 0) is 19.3 Å². The van der Waals surface area contributed by atoms with E-state index in [-0.39, 0.29) is 35.4 Å². The lowest BCUT2D eigenvalue weighted by Crippen LogP contribution is -2.22. The maximum Gasteiger partial charge on any atom is 0.434 e. The van der Waals surface area contributed by atoms with Gasteiger partial charge in [0.2, 0.25) is 0 Å². The molecule has 0 bridgehead atoms. The number of methoxy groups -OCH3 is 1. The highest BCUT2D eigenvalue weighted by atomic mass is 32.1. The Labute approximate surface area is 298 Å². The largest absolute Gasteiger partial charge is 0.496 e. The molecule has 10 nitrogen and oxygen atoms in total. The molecular formula is C38H31F3N6O4S. The van der Waals surface area contributed by atoms with Gasteiger partial charge in [0.05, 0.1) is 46.4 Å². The monoisotopic (exact) mass is 724 g/mol. The molecule has 9 rings (SSSR count). The van der Waals surface area contributed by atoms with Crippen molar-refractivity contribution < 1.29 is 27.1 Å². The first-order valence-electron chi connectivity index (χ1n) is 17.1. The third-order valence-electron chi connectivity index (χ3n) is 10.3. The van der Waals surface area contributed by atoms with E-state index in [1.54, 1.807) is 25.3 Å². The second kappa shape index (κ2) is 12.6. The molecule has 2 N–H and O–H groups in total. The first-order chi connectivity index (χ1) is 25.3. The minimum atomic E-state index is -2.82. The third kappa shape index (κ3) is 5.35. The first-order valence-corrected chi connectivity index (χ1v) is 17.9. The van der Waals surface area contributed by atoms with E-state index >= 15 is 0 Å². The van der Waals surface area contributed by atoms with Crippen LogP contribution in [0.25, 0.3) is 32.0 Å². The Morgan fingerprint density at radius 1 is 1.06 bits per heavy atom. The van der Waals surface area contributed by atoms with Crippen molar-refractivity contribution in [3.8, 4) is 27.6 Å². The van der Waals surface area contributed by atoms with Gasteiger partial charge < -0.3 is 19.4 Å². The molecule has 2 atom stereocenters. The summed E-state index contributed by atoms with van der Waals surface area (Å²) in [6.07, 6.45) is 1.07. The molecule has 0 radical (unpaired) electrons. The van der Waals surface area contributed by atoms with Gasteiger partial charge in [0.1, 0.15) is 23.1 Å². The number of aromatic nitrogens is 4. The van der Waals surface area contributed by atoms with Crippen molar-refractivity contribution in [2.45, 2.75) is 57.0 Å². The number of thiophene rings is 1. The van der Waals surface area contributed by atoms with E-state index in [0.717, 1.165) is 48.1 Å². The predicted molar refractivity (Wildman–Crippen MR) is 188 cm³/mol. The second-order valence-corrected chi connectivity index (χ2v) is 14.3. The van der Waals surface area contributed by atoms with Crippen LogP contribution >= 0.6 is 11.3 Å². The molecule has 6 aromatic rings. The van der Waals surface area contributed by atoms with Crippen LogP contribution in [-0.4, -0.2) is 44.6 Å². The number of H-pyrrole nitrogens is 1. The van der Waals surface area contributed by atoms with Crippen LogP contribution in [0.15, 0.2) is 63.8 Å². The summed E-state index contributed by atoms with van der Waals surface area (Å²) in [5, 5.41) is 10.5. The maximum absolute atomic E-state index is 14.4. The van der Waals surface area contributed by atoms with E-state index < -0.39 is 12.2 Å². The molecule has 1 amide bonds. The number of carbonyl (C=O) groups excluding carboxylic acids is 1. The SMILES string of the molecule is COc1cccc2c1CCC2Nc1nc(C(F)F)cc2cc(-c3c4c(nc(CCc5ccc(F)cc5)c3-c3n[nH]c(=O)o3)C3CCCN3C4=O)sc12. The summed E-state index contributed by atoms with van der Waals surface area (Å²) < 4.78 is 54.2. The van der Waals surface area contributed by atoms with Crippen LogP contribution in [0.1, 0.15) is 81.9 Å². The van der Waals surface area contributed by atoms with Gasteiger partial charge in [0, 0.05) is 17.0 Å². The molecule has 0 saturated carbocycles. The quantitative estimate of drug-likeness (QED) is 0.154. The van der Waals surface area contributed by atoms with Gasteiger partial charge >= 0.3 is 5.76 Å². The maximum atomic E-state index is 14.4. The van der Waals surface area contributed by atoms with Crippen LogP contribution in [0, 0.1) is 5.82 Å². The van der Waals surface area contributed by atoms with Crippen LogP contribution in [0.2, 0.25) is 0 Å². The molecule has 3 aliphatic rings. The fraction of sp³-hybridized carbons (Fsp3) is 0.289. The van der Waals surface area contributed by atoms with E-state index in [1.807, 2.05) is 23.1 Å². The lowest BCUT2D eigenvalue weighted by Gasteiger charge is -2.17. The van der Waals surface area contributed by atoms with Crippen molar-refractivity contribution in [3.63, 3.8) is 0 Å². The summed E-state index contributed by atoms with van der Waals surface area (Å²) in [7, 11) is 1.63. The molecule has 1 aliphatic carbocycles. The lowest BCUT2D eigenvalue weighted by atomic mass is 9.93. The Bertz CT molecular complexity index is 2440. The molecular weight excluding hydrogens is 694 g/mol. The second-order valence-electron chi connectivity index (χ2n) is 13.3. The molecule has 264 valence electrons. The van der Waals surface area contributed by atoms with Crippen LogP contribution in [0.3, 0.4) is 0 Å². The number of pyridine rings is 2. The fourth-order valence-corrected chi connectivity index (χ4v) is 9.14. The molecule has 52 heavy (non-hydrogen) atoms. The standard InChI is InChI=1S/C38H31F3N6O4S/c1-50-27-6-2-4-21-22(27)12-14-23(21)43-35-33-19(16-25(44-35)34(40)41)17-28(52-33)30-29(36-45-46-38(49)51-36)24(13-9-18-7-10-20(39)11-8-18)42-32-26-5-3-15-47(26)37(48)31(30)32/h2,4,6-8,10-11,16-17,23,26,34H,3,5,9,12-15H2,1H3,(H,43,44)(H,46,49). The van der Waals surface area contributed by atoms with E-state index in [2.05, 4.69) is 20.5 Å². The lowest BCUT2D eigenvalue weighted by molar-refractivity contribution is 0.0776. The first kappa shape index (κ1) is 32.4. The van der Waals surface area contributed by atoms with Crippen molar-refractivity contribution in [2.75, 3.05) is 19.0 Å². The number of aryl methyl sites for hydroxylation is 2. The molecule has 1 fully saturated rings. The minimum Gasteiger partial charge on any atom is -0.496 e. The van der Waals surface area contributed by atoms with Crippen molar-refractivity contribution in [2.24, 2.45) is 0 Å². The number of nitrogens with one attached hydrogen (secondary N) is 2. The van der Waals surface area contributed by atoms with Crippen LogP contribution in [0.5, 0.6) is 5.75 Å². The highest BCUT2D eigenvalue weighted by Gasteiger charge is 2.45. The number of halogens is 3. The molecule has 4 aromatic heterocycles. The third-order valence-corrected chi connectivity index (χ3v) is 11.5. The van der Waals surface area contributed by atoms with Gasteiger partial charge in [-0.15, -0.1) is 16.4 Å². The Morgan fingerprint density at radius 3 is 2.67 bits per heavy atom. The number of fused-ring (bicyclic) bond motifs is 5. The number of amides is 1. The highest BCUT2D eigenvalue weighted by Crippen LogP contribution is 2.51. The Morgan fingerprint density at radius 2 is 1.90 bits per heavy atom. The number of alkyl halides is 2. The number of nitrogens with zero attached hydrogens (tertiary/aromatic N) is 4. The topological polar surface area (TPSA) is 126 Å². The number of rotatable bonds is 9. The molecule has 1 saturated heterocycles. The van der Waals surface area contributed by atoms with Gasteiger partial charge in [-0.25, -0.2) is 28.0 Å². The normalized spacial score (nSPS) is 17.6. The van der Waals surface area contributed by atoms with E-state index in [9.17, 15) is 22.8 Å². The highest BCUT2D eigenvalue weighted by molar-refractivity contribution is 7.23. The van der Waals surface area contributed by atoms with Gasteiger partial charge in [0.15, 0.2) is 0 Å². The summed E-state index contributed by atoms with van der Waals surface area (Å²) in [4.78, 5) is 38.5. The van der Waals surface area contributed by atoms with Crippen LogP contribution < -0.4 is 15.8 Å². The summed E-state index contributed by atoms with van der Waals surface area (Å²) in [6.45, 7) is 0.576. The molecule has 2 aliphatic heterocycles. The van der Waals surface area contributed by atoms with Gasteiger partial charge in [-0.2, -0.15) is 0 Å². The van der Waals surface area contributed by atoms with E-state index in [0.29, 0.717) is 68.2 Å². The number of carbonyl (C=O) groups is 1. The smallest absolute Gasteiger partial charge is 0.434 e. The zero-order valence-corrected chi connectivity index (χ0v) is 28.7. The minimum absolute atomic E-state index is 0.0389. The predicted octanol–water partition coefficient (Wildman–Crippen LogP) is 7.96. The zero-order valence-electron chi connectivity index (χ0n) is 27.8. The van der Waals surface area contributed by atoms with Crippen molar-refractivity contribution >= 4 is 33.1 Å². The van der Waals surface area contributed by atoms with Gasteiger partial charge in [-0.3, -0.25) is 9.78 Å². The number of aromatic amines is 1. The van der Waals surface area contributed by atoms with Crippen molar-refractivity contribution in [3.05, 3.63) is 110 Å². The van der Waals surface area contributed by atoms with E-state index in [4.69, 9.17) is 14.1 Å². The number of hydrogen-bond donors (Lipinski definition) is 2. The molecule has 14 heteroatoms. The Balaban J connectivity index is 1.24. The fourth-order valence-electron chi connectivity index (χ4n) is 7.99.